The molecule has 0 spiro atoms. The maximum atomic E-state index is 12.1. The van der Waals surface area contributed by atoms with Crippen molar-refractivity contribution in [2.45, 2.75) is 45.3 Å². The maximum absolute atomic E-state index is 12.1. The van der Waals surface area contributed by atoms with Crippen LogP contribution in [0.3, 0.4) is 0 Å². The Bertz CT molecular complexity index is 397. The average molecular weight is 301 g/mol. The molecule has 0 aliphatic carbocycles. The van der Waals surface area contributed by atoms with Crippen molar-refractivity contribution in [3.8, 4) is 0 Å². The molecular formula is C12H17BrN2O2. The molecule has 1 aromatic rings. The maximum Gasteiger partial charge on any atom is 0.182 e. The first-order valence-electron chi connectivity index (χ1n) is 6.08. The fraction of sp³-hybridized carbons (Fsp3) is 0.667. The highest BCUT2D eigenvalue weighted by atomic mass is 79.9. The van der Waals surface area contributed by atoms with Crippen molar-refractivity contribution in [3.05, 3.63) is 16.4 Å². The lowest BCUT2D eigenvalue weighted by Crippen LogP contribution is -2.13. The van der Waals surface area contributed by atoms with E-state index in [0.29, 0.717) is 18.7 Å². The van der Waals surface area contributed by atoms with Gasteiger partial charge in [-0.3, -0.25) is 9.48 Å². The van der Waals surface area contributed by atoms with E-state index in [-0.39, 0.29) is 11.9 Å². The van der Waals surface area contributed by atoms with E-state index in [2.05, 4.69) is 21.0 Å². The lowest BCUT2D eigenvalue weighted by atomic mass is 10.1. The van der Waals surface area contributed by atoms with Crippen molar-refractivity contribution in [2.24, 2.45) is 0 Å². The number of Topliss-reactive ketones (excluding diaryl/α,β-unsaturated/α-hetero) is 1. The summed E-state index contributed by atoms with van der Waals surface area (Å²) in [7, 11) is 0. The van der Waals surface area contributed by atoms with Crippen molar-refractivity contribution >= 4 is 21.7 Å². The zero-order chi connectivity index (χ0) is 12.3. The highest BCUT2D eigenvalue weighted by Crippen LogP contribution is 2.21. The van der Waals surface area contributed by atoms with Crippen LogP contribution in [-0.2, 0) is 11.3 Å². The van der Waals surface area contributed by atoms with E-state index in [1.807, 2.05) is 6.92 Å². The lowest BCUT2D eigenvalue weighted by molar-refractivity contribution is 0.0851. The summed E-state index contributed by atoms with van der Waals surface area (Å²) in [6.07, 6.45) is 5.52. The molecule has 2 rings (SSSR count). The second-order valence-electron chi connectivity index (χ2n) is 4.25. The summed E-state index contributed by atoms with van der Waals surface area (Å²) in [4.78, 5) is 12.1. The highest BCUT2D eigenvalue weighted by molar-refractivity contribution is 9.10. The standard InChI is InChI=1S/C12H17BrN2O2/c1-2-15-12(10(13)8-14-15)11(16)6-5-9-4-3-7-17-9/h8-9H,2-7H2,1H3. The molecule has 1 saturated heterocycles. The van der Waals surface area contributed by atoms with E-state index in [4.69, 9.17) is 4.74 Å². The molecule has 94 valence electrons. The predicted molar refractivity (Wildman–Crippen MR) is 68.1 cm³/mol. The van der Waals surface area contributed by atoms with Gasteiger partial charge in [0.1, 0.15) is 5.69 Å². The SMILES string of the molecule is CCn1ncc(Br)c1C(=O)CCC1CCCO1. The number of rotatable bonds is 5. The van der Waals surface area contributed by atoms with Gasteiger partial charge >= 0.3 is 0 Å². The van der Waals surface area contributed by atoms with Gasteiger partial charge in [-0.1, -0.05) is 0 Å². The fourth-order valence-corrected chi connectivity index (χ4v) is 2.68. The molecule has 0 radical (unpaired) electrons. The minimum atomic E-state index is 0.145. The summed E-state index contributed by atoms with van der Waals surface area (Å²) in [5.41, 5.74) is 0.686. The molecule has 4 nitrogen and oxygen atoms in total. The van der Waals surface area contributed by atoms with E-state index in [1.165, 1.54) is 0 Å². The Hall–Kier alpha value is -0.680. The zero-order valence-electron chi connectivity index (χ0n) is 9.99. The molecule has 1 atom stereocenters. The van der Waals surface area contributed by atoms with Crippen molar-refractivity contribution in [1.82, 2.24) is 9.78 Å². The molecule has 17 heavy (non-hydrogen) atoms. The summed E-state index contributed by atoms with van der Waals surface area (Å²) in [6, 6.07) is 0. The Kier molecular flexibility index (Phi) is 4.34. The van der Waals surface area contributed by atoms with Gasteiger partial charge in [-0.05, 0) is 42.1 Å². The molecule has 2 heterocycles. The molecule has 0 saturated carbocycles. The molecule has 1 fully saturated rings. The van der Waals surface area contributed by atoms with Crippen LogP contribution in [0.4, 0.5) is 0 Å². The molecule has 1 unspecified atom stereocenters. The molecule has 0 bridgehead atoms. The van der Waals surface area contributed by atoms with Gasteiger partial charge < -0.3 is 4.74 Å². The molecule has 0 aromatic carbocycles. The van der Waals surface area contributed by atoms with E-state index in [1.54, 1.807) is 10.9 Å². The second kappa shape index (κ2) is 5.78. The Morgan fingerprint density at radius 2 is 2.53 bits per heavy atom. The van der Waals surface area contributed by atoms with Crippen LogP contribution >= 0.6 is 15.9 Å². The van der Waals surface area contributed by atoms with Crippen LogP contribution in [0.15, 0.2) is 10.7 Å². The minimum absolute atomic E-state index is 0.145. The number of nitrogens with zero attached hydrogens (tertiary/aromatic N) is 2. The van der Waals surface area contributed by atoms with Gasteiger partial charge in [0.2, 0.25) is 0 Å². The van der Waals surface area contributed by atoms with E-state index in [0.717, 1.165) is 30.3 Å². The predicted octanol–water partition coefficient (Wildman–Crippen LogP) is 2.81. The lowest BCUT2D eigenvalue weighted by Gasteiger charge is -2.09. The van der Waals surface area contributed by atoms with Crippen LogP contribution < -0.4 is 0 Å². The smallest absolute Gasteiger partial charge is 0.182 e. The number of aromatic nitrogens is 2. The number of hydrogen-bond donors (Lipinski definition) is 0. The number of halogens is 1. The topological polar surface area (TPSA) is 44.1 Å². The summed E-state index contributed by atoms with van der Waals surface area (Å²) < 4.78 is 8.05. The van der Waals surface area contributed by atoms with E-state index < -0.39 is 0 Å². The first kappa shape index (κ1) is 12.8. The summed E-state index contributed by atoms with van der Waals surface area (Å²) in [5.74, 6) is 0.145. The average Bonchev–Trinajstić information content (AvgIpc) is 2.94. The van der Waals surface area contributed by atoms with Crippen LogP contribution in [0.25, 0.3) is 0 Å². The van der Waals surface area contributed by atoms with E-state index in [9.17, 15) is 4.79 Å². The van der Waals surface area contributed by atoms with Crippen LogP contribution in [-0.4, -0.2) is 28.3 Å². The summed E-state index contributed by atoms with van der Waals surface area (Å²) in [6.45, 7) is 3.54. The molecular weight excluding hydrogens is 284 g/mol. The van der Waals surface area contributed by atoms with Gasteiger partial charge in [-0.2, -0.15) is 5.10 Å². The fourth-order valence-electron chi connectivity index (χ4n) is 2.16. The van der Waals surface area contributed by atoms with Gasteiger partial charge in [0.25, 0.3) is 0 Å². The van der Waals surface area contributed by atoms with Gasteiger partial charge in [0, 0.05) is 19.6 Å². The number of aryl methyl sites for hydroxylation is 1. The zero-order valence-corrected chi connectivity index (χ0v) is 11.6. The highest BCUT2D eigenvalue weighted by Gasteiger charge is 2.20. The second-order valence-corrected chi connectivity index (χ2v) is 5.11. The van der Waals surface area contributed by atoms with E-state index >= 15 is 0 Å². The number of carbonyl (C=O) groups is 1. The first-order valence-corrected chi connectivity index (χ1v) is 6.87. The Balaban J connectivity index is 1.96. The molecule has 5 heteroatoms. The third-order valence-electron chi connectivity index (χ3n) is 3.08. The van der Waals surface area contributed by atoms with Crippen LogP contribution in [0.2, 0.25) is 0 Å². The van der Waals surface area contributed by atoms with Gasteiger partial charge in [0.15, 0.2) is 5.78 Å². The molecule has 0 N–H and O–H groups in total. The summed E-state index contributed by atoms with van der Waals surface area (Å²) >= 11 is 3.38. The quantitative estimate of drug-likeness (QED) is 0.786. The normalized spacial score (nSPS) is 19.8. The minimum Gasteiger partial charge on any atom is -0.378 e. The number of ether oxygens (including phenoxy) is 1. The summed E-state index contributed by atoms with van der Waals surface area (Å²) in [5, 5.41) is 4.15. The third-order valence-corrected chi connectivity index (χ3v) is 3.66. The first-order chi connectivity index (χ1) is 8.22. The molecule has 1 aromatic heterocycles. The Morgan fingerprint density at radius 3 is 3.18 bits per heavy atom. The third kappa shape index (κ3) is 2.96. The largest absolute Gasteiger partial charge is 0.378 e. The molecule has 0 amide bonds. The van der Waals surface area contributed by atoms with Gasteiger partial charge in [-0.25, -0.2) is 0 Å². The number of carbonyl (C=O) groups excluding carboxylic acids is 1. The molecule has 1 aliphatic heterocycles. The van der Waals surface area contributed by atoms with Gasteiger partial charge in [-0.15, -0.1) is 0 Å². The van der Waals surface area contributed by atoms with Crippen molar-refractivity contribution in [1.29, 1.82) is 0 Å². The van der Waals surface area contributed by atoms with Crippen LogP contribution in [0.1, 0.15) is 43.1 Å². The Labute approximate surface area is 109 Å². The Morgan fingerprint density at radius 1 is 1.71 bits per heavy atom. The van der Waals surface area contributed by atoms with Crippen molar-refractivity contribution in [3.63, 3.8) is 0 Å². The monoisotopic (exact) mass is 300 g/mol. The number of ketones is 1. The van der Waals surface area contributed by atoms with Crippen LogP contribution in [0, 0.1) is 0 Å². The number of hydrogen-bond acceptors (Lipinski definition) is 3. The van der Waals surface area contributed by atoms with Crippen LogP contribution in [0.5, 0.6) is 0 Å². The van der Waals surface area contributed by atoms with Gasteiger partial charge in [0.05, 0.1) is 16.8 Å². The van der Waals surface area contributed by atoms with Crippen molar-refractivity contribution < 1.29 is 9.53 Å². The molecule has 1 aliphatic rings. The van der Waals surface area contributed by atoms with Crippen molar-refractivity contribution in [2.75, 3.05) is 6.61 Å².